The van der Waals surface area contributed by atoms with Gasteiger partial charge in [-0.05, 0) is 37.6 Å². The highest BCUT2D eigenvalue weighted by Gasteiger charge is 2.35. The molecule has 2 aliphatic heterocycles. The van der Waals surface area contributed by atoms with Crippen LogP contribution >= 0.6 is 11.3 Å². The summed E-state index contributed by atoms with van der Waals surface area (Å²) >= 11 is 1.26. The highest BCUT2D eigenvalue weighted by Crippen LogP contribution is 2.38. The van der Waals surface area contributed by atoms with Gasteiger partial charge >= 0.3 is 0 Å². The van der Waals surface area contributed by atoms with E-state index in [1.54, 1.807) is 29.2 Å². The predicted molar refractivity (Wildman–Crippen MR) is 131 cm³/mol. The summed E-state index contributed by atoms with van der Waals surface area (Å²) < 4.78 is 5.36. The number of pyridine rings is 1. The molecule has 0 aliphatic carbocycles. The fraction of sp³-hybridized carbons (Fsp3) is 0.320. The van der Waals surface area contributed by atoms with Crippen molar-refractivity contribution in [1.82, 2.24) is 14.8 Å². The number of amides is 4. The molecule has 2 aliphatic rings. The molecule has 0 saturated carbocycles. The first-order valence-corrected chi connectivity index (χ1v) is 12.2. The smallest absolute Gasteiger partial charge is 0.266 e. The van der Waals surface area contributed by atoms with Crippen LogP contribution in [0.3, 0.4) is 0 Å². The SMILES string of the molecule is Cc1cc(C)c2c(NC(=O)CCN3C(=O)c4ccccc4C3=O)c(C(=O)N3CCOCC3)sc2n1. The number of benzene rings is 1. The molecule has 1 aromatic carbocycles. The summed E-state index contributed by atoms with van der Waals surface area (Å²) in [6.45, 7) is 5.64. The number of hydrogen-bond acceptors (Lipinski definition) is 7. The van der Waals surface area contributed by atoms with Crippen molar-refractivity contribution in [3.8, 4) is 0 Å². The zero-order valence-corrected chi connectivity index (χ0v) is 20.2. The van der Waals surface area contributed by atoms with Crippen molar-refractivity contribution in [2.45, 2.75) is 20.3 Å². The van der Waals surface area contributed by atoms with E-state index in [0.717, 1.165) is 21.5 Å². The summed E-state index contributed by atoms with van der Waals surface area (Å²) in [6, 6.07) is 8.52. The monoisotopic (exact) mass is 492 g/mol. The van der Waals surface area contributed by atoms with Crippen LogP contribution in [0.5, 0.6) is 0 Å². The molecule has 0 radical (unpaired) electrons. The van der Waals surface area contributed by atoms with E-state index >= 15 is 0 Å². The molecule has 1 N–H and O–H groups in total. The van der Waals surface area contributed by atoms with Gasteiger partial charge < -0.3 is 15.0 Å². The Labute approximate surface area is 205 Å². The predicted octanol–water partition coefficient (Wildman–Crippen LogP) is 3.01. The van der Waals surface area contributed by atoms with Gasteiger partial charge in [-0.3, -0.25) is 24.1 Å². The van der Waals surface area contributed by atoms with Crippen molar-refractivity contribution < 1.29 is 23.9 Å². The molecule has 4 amide bonds. The summed E-state index contributed by atoms with van der Waals surface area (Å²) in [4.78, 5) is 60.1. The molecule has 35 heavy (non-hydrogen) atoms. The first-order valence-electron chi connectivity index (χ1n) is 11.4. The number of carbonyl (C=O) groups excluding carboxylic acids is 4. The van der Waals surface area contributed by atoms with Gasteiger partial charge in [-0.25, -0.2) is 4.98 Å². The molecule has 1 saturated heterocycles. The van der Waals surface area contributed by atoms with E-state index < -0.39 is 17.7 Å². The van der Waals surface area contributed by atoms with Crippen molar-refractivity contribution in [2.24, 2.45) is 0 Å². The Bertz CT molecular complexity index is 1340. The number of aryl methyl sites for hydroxylation is 2. The quantitative estimate of drug-likeness (QED) is 0.549. The molecule has 10 heteroatoms. The van der Waals surface area contributed by atoms with E-state index in [1.165, 1.54) is 11.3 Å². The molecule has 4 heterocycles. The van der Waals surface area contributed by atoms with Crippen molar-refractivity contribution in [1.29, 1.82) is 0 Å². The van der Waals surface area contributed by atoms with E-state index in [-0.39, 0.29) is 18.9 Å². The van der Waals surface area contributed by atoms with Crippen LogP contribution in [0, 0.1) is 13.8 Å². The summed E-state index contributed by atoms with van der Waals surface area (Å²) in [6.07, 6.45) is -0.0909. The van der Waals surface area contributed by atoms with E-state index in [9.17, 15) is 19.2 Å². The Morgan fingerprint density at radius 3 is 2.40 bits per heavy atom. The van der Waals surface area contributed by atoms with Gasteiger partial charge in [-0.1, -0.05) is 12.1 Å². The molecule has 2 aromatic heterocycles. The Morgan fingerprint density at radius 2 is 1.74 bits per heavy atom. The van der Waals surface area contributed by atoms with Crippen LogP contribution in [0.4, 0.5) is 5.69 Å². The molecule has 1 fully saturated rings. The van der Waals surface area contributed by atoms with Gasteiger partial charge in [0.15, 0.2) is 0 Å². The summed E-state index contributed by atoms with van der Waals surface area (Å²) in [5.41, 5.74) is 2.85. The van der Waals surface area contributed by atoms with Crippen LogP contribution in [0.2, 0.25) is 0 Å². The molecule has 0 unspecified atom stereocenters. The van der Waals surface area contributed by atoms with Crippen LogP contribution < -0.4 is 5.32 Å². The highest BCUT2D eigenvalue weighted by molar-refractivity contribution is 7.21. The average Bonchev–Trinajstić information content (AvgIpc) is 3.33. The maximum absolute atomic E-state index is 13.4. The normalized spacial score (nSPS) is 15.6. The van der Waals surface area contributed by atoms with Gasteiger partial charge in [0.1, 0.15) is 9.71 Å². The van der Waals surface area contributed by atoms with Crippen LogP contribution in [0.1, 0.15) is 48.1 Å². The minimum absolute atomic E-state index is 0.0522. The third kappa shape index (κ3) is 4.19. The molecule has 0 bridgehead atoms. The molecular weight excluding hydrogens is 468 g/mol. The fourth-order valence-corrected chi connectivity index (χ4v) is 5.70. The minimum atomic E-state index is -0.405. The number of hydrogen-bond donors (Lipinski definition) is 1. The van der Waals surface area contributed by atoms with E-state index in [2.05, 4.69) is 10.3 Å². The lowest BCUT2D eigenvalue weighted by Crippen LogP contribution is -2.40. The lowest BCUT2D eigenvalue weighted by Gasteiger charge is -2.26. The molecule has 0 atom stereocenters. The third-order valence-corrected chi connectivity index (χ3v) is 7.26. The lowest BCUT2D eigenvalue weighted by atomic mass is 10.1. The maximum Gasteiger partial charge on any atom is 0.266 e. The standard InChI is InChI=1S/C25H24N4O5S/c1-14-13-15(2)26-22-19(14)20(21(35-22)25(33)28-9-11-34-12-10-28)27-18(30)7-8-29-23(31)16-5-3-4-6-17(16)24(29)32/h3-6,13H,7-12H2,1-2H3,(H,27,30). The van der Waals surface area contributed by atoms with Crippen LogP contribution in [-0.4, -0.2) is 71.3 Å². The molecule has 9 nitrogen and oxygen atoms in total. The number of imide groups is 1. The van der Waals surface area contributed by atoms with Gasteiger partial charge in [0.05, 0.1) is 30.0 Å². The molecule has 5 rings (SSSR count). The van der Waals surface area contributed by atoms with Gasteiger partial charge in [-0.15, -0.1) is 11.3 Å². The number of nitrogens with zero attached hydrogens (tertiary/aromatic N) is 3. The van der Waals surface area contributed by atoms with Crippen LogP contribution in [0.25, 0.3) is 10.2 Å². The Hall–Kier alpha value is -3.63. The second kappa shape index (κ2) is 9.20. The Balaban J connectivity index is 1.39. The number of ether oxygens (including phenoxy) is 1. The maximum atomic E-state index is 13.4. The largest absolute Gasteiger partial charge is 0.378 e. The van der Waals surface area contributed by atoms with E-state index in [0.29, 0.717) is 52.8 Å². The molecule has 0 spiro atoms. The minimum Gasteiger partial charge on any atom is -0.378 e. The summed E-state index contributed by atoms with van der Waals surface area (Å²) in [5, 5.41) is 3.62. The number of aromatic nitrogens is 1. The van der Waals surface area contributed by atoms with Gasteiger partial charge in [0.25, 0.3) is 17.7 Å². The van der Waals surface area contributed by atoms with E-state index in [1.807, 2.05) is 19.9 Å². The molecule has 180 valence electrons. The third-order valence-electron chi connectivity index (χ3n) is 6.18. The first-order chi connectivity index (χ1) is 16.8. The Kier molecular flexibility index (Phi) is 6.08. The second-order valence-corrected chi connectivity index (χ2v) is 9.58. The summed E-state index contributed by atoms with van der Waals surface area (Å²) in [5.74, 6) is -1.38. The lowest BCUT2D eigenvalue weighted by molar-refractivity contribution is -0.116. The number of thiophene rings is 1. The average molecular weight is 493 g/mol. The van der Waals surface area contributed by atoms with Crippen molar-refractivity contribution in [3.05, 3.63) is 57.6 Å². The zero-order chi connectivity index (χ0) is 24.7. The highest BCUT2D eigenvalue weighted by atomic mass is 32.1. The van der Waals surface area contributed by atoms with Crippen molar-refractivity contribution in [3.63, 3.8) is 0 Å². The Morgan fingerprint density at radius 1 is 1.09 bits per heavy atom. The molecular formula is C25H24N4O5S. The second-order valence-electron chi connectivity index (χ2n) is 8.58. The number of anilines is 1. The molecule has 3 aromatic rings. The van der Waals surface area contributed by atoms with Gasteiger partial charge in [0, 0.05) is 37.1 Å². The fourth-order valence-electron chi connectivity index (χ4n) is 4.48. The summed E-state index contributed by atoms with van der Waals surface area (Å²) in [7, 11) is 0. The number of morpholine rings is 1. The number of rotatable bonds is 5. The number of nitrogens with one attached hydrogen (secondary N) is 1. The van der Waals surface area contributed by atoms with Gasteiger partial charge in [0.2, 0.25) is 5.91 Å². The van der Waals surface area contributed by atoms with Crippen LogP contribution in [0.15, 0.2) is 30.3 Å². The first kappa shape index (κ1) is 23.1. The van der Waals surface area contributed by atoms with Gasteiger partial charge in [-0.2, -0.15) is 0 Å². The van der Waals surface area contributed by atoms with Crippen molar-refractivity contribution >= 4 is 50.9 Å². The van der Waals surface area contributed by atoms with Crippen molar-refractivity contribution in [2.75, 3.05) is 38.2 Å². The van der Waals surface area contributed by atoms with E-state index in [4.69, 9.17) is 4.74 Å². The van der Waals surface area contributed by atoms with Crippen LogP contribution in [-0.2, 0) is 9.53 Å². The zero-order valence-electron chi connectivity index (χ0n) is 19.4. The number of fused-ring (bicyclic) bond motifs is 2. The topological polar surface area (TPSA) is 109 Å². The number of carbonyl (C=O) groups is 4.